The quantitative estimate of drug-likeness (QED) is 0.675. The molecule has 19 heavy (non-hydrogen) atoms. The van der Waals surface area contributed by atoms with Crippen LogP contribution in [-0.2, 0) is 0 Å². The predicted molar refractivity (Wildman–Crippen MR) is 81.2 cm³/mol. The van der Waals surface area contributed by atoms with Gasteiger partial charge in [-0.2, -0.15) is 0 Å². The molecule has 1 N–H and O–H groups in total. The fourth-order valence-electron chi connectivity index (χ4n) is 2.75. The molecule has 0 spiro atoms. The van der Waals surface area contributed by atoms with Crippen molar-refractivity contribution in [3.8, 4) is 0 Å². The minimum absolute atomic E-state index is 0.433. The summed E-state index contributed by atoms with van der Waals surface area (Å²) < 4.78 is 0. The van der Waals surface area contributed by atoms with Gasteiger partial charge in [0.25, 0.3) is 0 Å². The molecule has 95 valence electrons. The Morgan fingerprint density at radius 3 is 2.53 bits per heavy atom. The molecule has 0 aliphatic carbocycles. The van der Waals surface area contributed by atoms with Crippen LogP contribution in [0.1, 0.15) is 30.4 Å². The van der Waals surface area contributed by atoms with E-state index in [0.717, 1.165) is 6.42 Å². The average molecular weight is 248 g/mol. The second-order valence-electron chi connectivity index (χ2n) is 4.90. The summed E-state index contributed by atoms with van der Waals surface area (Å²) in [5, 5.41) is 1.33. The van der Waals surface area contributed by atoms with E-state index in [2.05, 4.69) is 79.1 Å². The zero-order valence-corrected chi connectivity index (χ0v) is 11.1. The molecule has 0 aliphatic rings. The summed E-state index contributed by atoms with van der Waals surface area (Å²) in [5.41, 5.74) is 3.99. The third-order valence-corrected chi connectivity index (χ3v) is 3.67. The van der Waals surface area contributed by atoms with E-state index in [9.17, 15) is 0 Å². The summed E-state index contributed by atoms with van der Waals surface area (Å²) in [6.07, 6.45) is 5.47. The molecule has 1 radical (unpaired) electrons. The molecule has 1 heteroatoms. The molecule has 1 nitrogen and oxygen atoms in total. The molecule has 0 saturated heterocycles. The number of benzene rings is 2. The Bertz CT molecular complexity index is 652. The van der Waals surface area contributed by atoms with Gasteiger partial charge in [-0.05, 0) is 30.0 Å². The summed E-state index contributed by atoms with van der Waals surface area (Å²) >= 11 is 0. The maximum Gasteiger partial charge on any atom is 0.0457 e. The van der Waals surface area contributed by atoms with Crippen LogP contribution in [0.25, 0.3) is 10.9 Å². The van der Waals surface area contributed by atoms with Crippen LogP contribution in [-0.4, -0.2) is 4.98 Å². The van der Waals surface area contributed by atoms with E-state index in [1.54, 1.807) is 0 Å². The first-order valence-corrected chi connectivity index (χ1v) is 6.79. The first kappa shape index (κ1) is 12.0. The van der Waals surface area contributed by atoms with Crippen LogP contribution in [0.2, 0.25) is 0 Å². The van der Waals surface area contributed by atoms with Gasteiger partial charge in [0.1, 0.15) is 0 Å². The molecule has 0 saturated carbocycles. The molecule has 2 aromatic carbocycles. The predicted octanol–water partition coefficient (Wildman–Crippen LogP) is 4.91. The van der Waals surface area contributed by atoms with Crippen LogP contribution in [0.15, 0.2) is 60.8 Å². The lowest BCUT2D eigenvalue weighted by atomic mass is 9.87. The Morgan fingerprint density at radius 1 is 1.00 bits per heavy atom. The van der Waals surface area contributed by atoms with Crippen molar-refractivity contribution in [3.63, 3.8) is 0 Å². The lowest BCUT2D eigenvalue weighted by molar-refractivity contribution is 0.797. The molecule has 1 aromatic heterocycles. The van der Waals surface area contributed by atoms with E-state index in [4.69, 9.17) is 0 Å². The molecule has 1 atom stereocenters. The van der Waals surface area contributed by atoms with Gasteiger partial charge >= 0.3 is 0 Å². The number of hydrogen-bond donors (Lipinski definition) is 1. The van der Waals surface area contributed by atoms with Crippen molar-refractivity contribution in [1.82, 2.24) is 4.98 Å². The van der Waals surface area contributed by atoms with Gasteiger partial charge in [0.2, 0.25) is 0 Å². The molecule has 0 bridgehead atoms. The van der Waals surface area contributed by atoms with Crippen molar-refractivity contribution in [2.24, 2.45) is 0 Å². The van der Waals surface area contributed by atoms with Crippen molar-refractivity contribution < 1.29 is 0 Å². The van der Waals surface area contributed by atoms with Crippen molar-refractivity contribution in [2.75, 3.05) is 0 Å². The fourth-order valence-corrected chi connectivity index (χ4v) is 2.75. The fraction of sp³-hybridized carbons (Fsp3) is 0.167. The third kappa shape index (κ3) is 2.28. The maximum atomic E-state index is 3.38. The van der Waals surface area contributed by atoms with Gasteiger partial charge in [-0.1, -0.05) is 55.5 Å². The van der Waals surface area contributed by atoms with E-state index >= 15 is 0 Å². The minimum Gasteiger partial charge on any atom is -0.361 e. The third-order valence-electron chi connectivity index (χ3n) is 3.67. The Hall–Kier alpha value is -2.02. The number of aromatic nitrogens is 1. The standard InChI is InChI=1S/C18H18N/c1-2-8-15(14-9-4-3-5-10-14)17-13-19-18-12-7-6-11-16(17)18/h2-7,9-13,15,19H,8H2,1H3. The highest BCUT2D eigenvalue weighted by Gasteiger charge is 2.16. The number of aromatic amines is 1. The zero-order valence-electron chi connectivity index (χ0n) is 11.1. The smallest absolute Gasteiger partial charge is 0.0457 e. The molecule has 3 rings (SSSR count). The highest BCUT2D eigenvalue weighted by molar-refractivity contribution is 5.84. The van der Waals surface area contributed by atoms with E-state index < -0.39 is 0 Å². The van der Waals surface area contributed by atoms with E-state index in [0.29, 0.717) is 5.92 Å². The van der Waals surface area contributed by atoms with E-state index in [1.807, 2.05) is 0 Å². The molecular formula is C18H18N. The number of para-hydroxylation sites is 1. The SMILES string of the molecule is C[CH]CC(c1ccccc1)c1c[nH]c2ccccc12. The summed E-state index contributed by atoms with van der Waals surface area (Å²) in [4.78, 5) is 3.38. The van der Waals surface area contributed by atoms with Gasteiger partial charge in [-0.3, -0.25) is 0 Å². The van der Waals surface area contributed by atoms with Gasteiger partial charge in [-0.15, -0.1) is 0 Å². The average Bonchev–Trinajstić information content (AvgIpc) is 2.89. The zero-order chi connectivity index (χ0) is 13.1. The monoisotopic (exact) mass is 248 g/mol. The van der Waals surface area contributed by atoms with E-state index in [1.165, 1.54) is 22.0 Å². The molecule has 1 heterocycles. The number of fused-ring (bicyclic) bond motifs is 1. The first-order valence-electron chi connectivity index (χ1n) is 6.79. The van der Waals surface area contributed by atoms with Crippen molar-refractivity contribution >= 4 is 10.9 Å². The minimum atomic E-state index is 0.433. The van der Waals surface area contributed by atoms with Crippen LogP contribution in [0.5, 0.6) is 0 Å². The highest BCUT2D eigenvalue weighted by atomic mass is 14.7. The summed E-state index contributed by atoms with van der Waals surface area (Å²) in [6, 6.07) is 19.3. The molecule has 0 amide bonds. The Labute approximate surface area is 114 Å². The summed E-state index contributed by atoms with van der Waals surface area (Å²) in [5.74, 6) is 0.433. The number of H-pyrrole nitrogens is 1. The lowest BCUT2D eigenvalue weighted by Crippen LogP contribution is -2.00. The van der Waals surface area contributed by atoms with Crippen molar-refractivity contribution in [2.45, 2.75) is 19.3 Å². The van der Waals surface area contributed by atoms with Crippen LogP contribution in [0.3, 0.4) is 0 Å². The summed E-state index contributed by atoms with van der Waals surface area (Å²) in [7, 11) is 0. The topological polar surface area (TPSA) is 15.8 Å². The Kier molecular flexibility index (Phi) is 3.37. The van der Waals surface area contributed by atoms with Crippen molar-refractivity contribution in [3.05, 3.63) is 78.3 Å². The van der Waals surface area contributed by atoms with Crippen molar-refractivity contribution in [1.29, 1.82) is 0 Å². The van der Waals surface area contributed by atoms with Gasteiger partial charge in [0.15, 0.2) is 0 Å². The molecule has 0 fully saturated rings. The normalized spacial score (nSPS) is 12.7. The Balaban J connectivity index is 2.10. The van der Waals surface area contributed by atoms with Crippen LogP contribution >= 0.6 is 0 Å². The molecule has 1 unspecified atom stereocenters. The van der Waals surface area contributed by atoms with E-state index in [-0.39, 0.29) is 0 Å². The van der Waals surface area contributed by atoms with Crippen LogP contribution < -0.4 is 0 Å². The number of nitrogens with one attached hydrogen (secondary N) is 1. The number of rotatable bonds is 4. The second-order valence-corrected chi connectivity index (χ2v) is 4.90. The van der Waals surface area contributed by atoms with Gasteiger partial charge in [0, 0.05) is 23.0 Å². The number of hydrogen-bond acceptors (Lipinski definition) is 0. The molecule has 0 aliphatic heterocycles. The summed E-state index contributed by atoms with van der Waals surface area (Å²) in [6.45, 7) is 2.13. The van der Waals surface area contributed by atoms with Gasteiger partial charge in [-0.25, -0.2) is 0 Å². The van der Waals surface area contributed by atoms with Crippen LogP contribution in [0, 0.1) is 6.42 Å². The molecular weight excluding hydrogens is 230 g/mol. The van der Waals surface area contributed by atoms with Crippen LogP contribution in [0.4, 0.5) is 0 Å². The first-order chi connectivity index (χ1) is 9.40. The molecule has 3 aromatic rings. The Morgan fingerprint density at radius 2 is 1.74 bits per heavy atom. The van der Waals surface area contributed by atoms with Gasteiger partial charge < -0.3 is 4.98 Å². The highest BCUT2D eigenvalue weighted by Crippen LogP contribution is 2.33. The van der Waals surface area contributed by atoms with Gasteiger partial charge in [0.05, 0.1) is 0 Å². The largest absolute Gasteiger partial charge is 0.361 e. The second kappa shape index (κ2) is 5.31. The lowest BCUT2D eigenvalue weighted by Gasteiger charge is -2.16. The maximum absolute atomic E-state index is 3.38.